The van der Waals surface area contributed by atoms with Gasteiger partial charge in [0.15, 0.2) is 0 Å². The minimum atomic E-state index is -3.32. The Kier molecular flexibility index (Phi) is 9.54. The summed E-state index contributed by atoms with van der Waals surface area (Å²) < 4.78 is 31.9. The van der Waals surface area contributed by atoms with Crippen LogP contribution in [0, 0.1) is 0 Å². The van der Waals surface area contributed by atoms with Crippen LogP contribution in [0.25, 0.3) is 0 Å². The zero-order valence-corrected chi connectivity index (χ0v) is 22.2. The van der Waals surface area contributed by atoms with Crippen LogP contribution < -0.4 is 4.90 Å². The summed E-state index contributed by atoms with van der Waals surface area (Å²) in [6.45, 7) is 15.1. The molecule has 2 aliphatic rings. The predicted octanol–water partition coefficient (Wildman–Crippen LogP) is 4.39. The van der Waals surface area contributed by atoms with Gasteiger partial charge in [0, 0.05) is 45.0 Å². The van der Waals surface area contributed by atoms with Crippen molar-refractivity contribution in [3.63, 3.8) is 0 Å². The third kappa shape index (κ3) is 7.04. The topological polar surface area (TPSA) is 53.1 Å². The van der Waals surface area contributed by atoms with Crippen molar-refractivity contribution in [2.24, 2.45) is 0 Å². The second kappa shape index (κ2) is 12.2. The summed E-state index contributed by atoms with van der Waals surface area (Å²) in [7, 11) is -1.31. The highest BCUT2D eigenvalue weighted by molar-refractivity contribution is 7.89. The van der Waals surface area contributed by atoms with E-state index in [1.165, 1.54) is 11.3 Å². The summed E-state index contributed by atoms with van der Waals surface area (Å²) in [5, 5.41) is 0. The van der Waals surface area contributed by atoms with E-state index in [1.807, 2.05) is 19.2 Å². The maximum atomic E-state index is 12.5. The largest absolute Gasteiger partial charge is 0.378 e. The van der Waals surface area contributed by atoms with E-state index in [0.717, 1.165) is 45.0 Å². The van der Waals surface area contributed by atoms with Crippen LogP contribution in [0.5, 0.6) is 0 Å². The zero-order valence-electron chi connectivity index (χ0n) is 21.4. The number of hydrogen-bond acceptors (Lipinski definition) is 5. The maximum Gasteiger partial charge on any atom is 0.243 e. The fraction of sp³-hybridized carbons (Fsp3) is 0.556. The van der Waals surface area contributed by atoms with E-state index < -0.39 is 10.0 Å². The molecule has 4 rings (SSSR count). The molecule has 2 aromatic rings. The second-order valence-corrected chi connectivity index (χ2v) is 11.7. The number of sulfonamides is 1. The average molecular weight is 488 g/mol. The molecule has 2 fully saturated rings. The van der Waals surface area contributed by atoms with Crippen molar-refractivity contribution >= 4 is 15.7 Å². The highest BCUT2D eigenvalue weighted by Crippen LogP contribution is 2.23. The quantitative estimate of drug-likeness (QED) is 0.626. The standard InChI is InChI=1S/C14H22N2O2S.C13H19NO/c1-12(2)13-4-6-14(7-5-13)19(17,18)16-10-8-15(3)9-11-16;1-11(2)12-4-3-5-13(10-12)14-6-8-15-9-7-14/h4-7,12H,8-11H2,1-3H3;3-5,10-11H,6-9H2,1-2H3. The van der Waals surface area contributed by atoms with E-state index >= 15 is 0 Å². The summed E-state index contributed by atoms with van der Waals surface area (Å²) in [6, 6.07) is 16.1. The normalized spacial score (nSPS) is 18.1. The van der Waals surface area contributed by atoms with E-state index in [4.69, 9.17) is 4.74 Å². The Morgan fingerprint density at radius 3 is 1.91 bits per heavy atom. The van der Waals surface area contributed by atoms with E-state index in [-0.39, 0.29) is 0 Å². The van der Waals surface area contributed by atoms with Crippen LogP contribution in [-0.2, 0) is 14.8 Å². The van der Waals surface area contributed by atoms with Gasteiger partial charge in [-0.1, -0.05) is 52.0 Å². The van der Waals surface area contributed by atoms with Gasteiger partial charge in [0.25, 0.3) is 0 Å². The lowest BCUT2D eigenvalue weighted by molar-refractivity contribution is 0.122. The average Bonchev–Trinajstić information content (AvgIpc) is 2.85. The summed E-state index contributed by atoms with van der Waals surface area (Å²) in [5.74, 6) is 1.02. The Morgan fingerprint density at radius 2 is 1.35 bits per heavy atom. The third-order valence-corrected chi connectivity index (χ3v) is 8.47. The van der Waals surface area contributed by atoms with Gasteiger partial charge < -0.3 is 14.5 Å². The maximum absolute atomic E-state index is 12.5. The Bertz CT molecular complexity index is 992. The van der Waals surface area contributed by atoms with Crippen LogP contribution in [0.2, 0.25) is 0 Å². The van der Waals surface area contributed by atoms with Crippen molar-refractivity contribution < 1.29 is 13.2 Å². The number of nitrogens with zero attached hydrogens (tertiary/aromatic N) is 3. The van der Waals surface area contributed by atoms with Crippen LogP contribution in [0.3, 0.4) is 0 Å². The van der Waals surface area contributed by atoms with Crippen LogP contribution >= 0.6 is 0 Å². The second-order valence-electron chi connectivity index (χ2n) is 9.78. The smallest absolute Gasteiger partial charge is 0.243 e. The molecule has 0 unspecified atom stereocenters. The molecule has 6 nitrogen and oxygen atoms in total. The minimum Gasteiger partial charge on any atom is -0.378 e. The zero-order chi connectivity index (χ0) is 24.7. The molecule has 188 valence electrons. The lowest BCUT2D eigenvalue weighted by Gasteiger charge is -2.31. The molecule has 0 aliphatic carbocycles. The van der Waals surface area contributed by atoms with Gasteiger partial charge in [0.05, 0.1) is 18.1 Å². The van der Waals surface area contributed by atoms with Crippen molar-refractivity contribution in [3.05, 3.63) is 59.7 Å². The SMILES string of the molecule is CC(C)c1ccc(S(=O)(=O)N2CCN(C)CC2)cc1.CC(C)c1cccc(N2CCOCC2)c1. The molecule has 0 radical (unpaired) electrons. The van der Waals surface area contributed by atoms with Crippen molar-refractivity contribution in [1.29, 1.82) is 0 Å². The first-order chi connectivity index (χ1) is 16.2. The highest BCUT2D eigenvalue weighted by atomic mass is 32.2. The molecule has 0 aromatic heterocycles. The number of piperazine rings is 1. The van der Waals surface area contributed by atoms with Crippen LogP contribution in [-0.4, -0.2) is 77.2 Å². The Labute approximate surface area is 206 Å². The van der Waals surface area contributed by atoms with E-state index in [0.29, 0.717) is 29.8 Å². The number of morpholine rings is 1. The van der Waals surface area contributed by atoms with Crippen molar-refractivity contribution in [2.45, 2.75) is 44.4 Å². The first kappa shape index (κ1) is 26.7. The van der Waals surface area contributed by atoms with Gasteiger partial charge in [-0.25, -0.2) is 8.42 Å². The molecular weight excluding hydrogens is 446 g/mol. The molecule has 0 bridgehead atoms. The molecule has 34 heavy (non-hydrogen) atoms. The number of benzene rings is 2. The van der Waals surface area contributed by atoms with Gasteiger partial charge in [-0.3, -0.25) is 0 Å². The van der Waals surface area contributed by atoms with Crippen molar-refractivity contribution in [3.8, 4) is 0 Å². The minimum absolute atomic E-state index is 0.404. The van der Waals surface area contributed by atoms with Gasteiger partial charge in [-0.05, 0) is 54.3 Å². The molecule has 0 saturated carbocycles. The molecule has 2 aromatic carbocycles. The number of hydrogen-bond donors (Lipinski definition) is 0. The fourth-order valence-electron chi connectivity index (χ4n) is 4.10. The summed E-state index contributed by atoms with van der Waals surface area (Å²) >= 11 is 0. The molecule has 0 amide bonds. The highest BCUT2D eigenvalue weighted by Gasteiger charge is 2.27. The molecule has 2 heterocycles. The Balaban J connectivity index is 0.000000196. The predicted molar refractivity (Wildman–Crippen MR) is 140 cm³/mol. The van der Waals surface area contributed by atoms with Crippen LogP contribution in [0.4, 0.5) is 5.69 Å². The van der Waals surface area contributed by atoms with E-state index in [2.05, 4.69) is 61.8 Å². The molecule has 0 spiro atoms. The van der Waals surface area contributed by atoms with Gasteiger partial charge in [0.1, 0.15) is 0 Å². The van der Waals surface area contributed by atoms with Gasteiger partial charge in [0.2, 0.25) is 10.0 Å². The third-order valence-electron chi connectivity index (χ3n) is 6.56. The van der Waals surface area contributed by atoms with Gasteiger partial charge in [-0.2, -0.15) is 4.31 Å². The molecule has 0 N–H and O–H groups in total. The van der Waals surface area contributed by atoms with Crippen molar-refractivity contribution in [1.82, 2.24) is 9.21 Å². The summed E-state index contributed by atoms with van der Waals surface area (Å²) in [6.07, 6.45) is 0. The molecule has 2 saturated heterocycles. The van der Waals surface area contributed by atoms with Gasteiger partial charge in [-0.15, -0.1) is 0 Å². The number of likely N-dealkylation sites (N-methyl/N-ethyl adjacent to an activating group) is 1. The Hall–Kier alpha value is -1.93. The lowest BCUT2D eigenvalue weighted by Crippen LogP contribution is -2.46. The monoisotopic (exact) mass is 487 g/mol. The summed E-state index contributed by atoms with van der Waals surface area (Å²) in [5.41, 5.74) is 3.92. The first-order valence-corrected chi connectivity index (χ1v) is 13.8. The number of anilines is 1. The number of rotatable bonds is 5. The van der Waals surface area contributed by atoms with Crippen molar-refractivity contribution in [2.75, 3.05) is 64.4 Å². The molecule has 2 aliphatic heterocycles. The molecular formula is C27H41N3O3S. The van der Waals surface area contributed by atoms with Crippen LogP contribution in [0.15, 0.2) is 53.4 Å². The Morgan fingerprint density at radius 1 is 0.765 bits per heavy atom. The fourth-order valence-corrected chi connectivity index (χ4v) is 5.53. The molecule has 0 atom stereocenters. The lowest BCUT2D eigenvalue weighted by atomic mass is 10.0. The van der Waals surface area contributed by atoms with E-state index in [9.17, 15) is 8.42 Å². The first-order valence-electron chi connectivity index (χ1n) is 12.4. The van der Waals surface area contributed by atoms with Gasteiger partial charge >= 0.3 is 0 Å². The number of ether oxygens (including phenoxy) is 1. The summed E-state index contributed by atoms with van der Waals surface area (Å²) in [4.78, 5) is 4.95. The van der Waals surface area contributed by atoms with E-state index in [1.54, 1.807) is 16.4 Å². The van der Waals surface area contributed by atoms with Crippen LogP contribution in [0.1, 0.15) is 50.7 Å². The molecule has 7 heteroatoms.